The highest BCUT2D eigenvalue weighted by Crippen LogP contribution is 2.40. The van der Waals surface area contributed by atoms with Crippen LogP contribution in [0.3, 0.4) is 0 Å². The van der Waals surface area contributed by atoms with Crippen LogP contribution in [0.5, 0.6) is 0 Å². The van der Waals surface area contributed by atoms with Gasteiger partial charge in [-0.2, -0.15) is 0 Å². The molecule has 3 unspecified atom stereocenters. The molecule has 0 amide bonds. The van der Waals surface area contributed by atoms with Crippen LogP contribution < -0.4 is 4.90 Å². The Hall–Kier alpha value is -1.75. The minimum atomic E-state index is 0.283. The first-order valence-electron chi connectivity index (χ1n) is 7.30. The van der Waals surface area contributed by atoms with Crippen molar-refractivity contribution < 1.29 is 5.11 Å². The van der Waals surface area contributed by atoms with Gasteiger partial charge in [0, 0.05) is 37.5 Å². The van der Waals surface area contributed by atoms with E-state index in [0.29, 0.717) is 23.5 Å². The Kier molecular flexibility index (Phi) is 2.80. The molecule has 4 heterocycles. The molecule has 2 bridgehead atoms. The van der Waals surface area contributed by atoms with Gasteiger partial charge in [-0.05, 0) is 37.3 Å². The molecule has 1 saturated carbocycles. The van der Waals surface area contributed by atoms with Crippen molar-refractivity contribution >= 4 is 17.0 Å². The van der Waals surface area contributed by atoms with Gasteiger partial charge >= 0.3 is 0 Å². The van der Waals surface area contributed by atoms with Crippen LogP contribution in [0.15, 0.2) is 24.5 Å². The molecule has 0 aromatic carbocycles. The van der Waals surface area contributed by atoms with Crippen molar-refractivity contribution in [1.82, 2.24) is 15.0 Å². The lowest BCUT2D eigenvalue weighted by atomic mass is 9.73. The maximum atomic E-state index is 9.58. The molecule has 20 heavy (non-hydrogen) atoms. The minimum absolute atomic E-state index is 0.283. The second kappa shape index (κ2) is 4.66. The van der Waals surface area contributed by atoms with Gasteiger partial charge in [0.25, 0.3) is 0 Å². The summed E-state index contributed by atoms with van der Waals surface area (Å²) in [5.41, 5.74) is 1.53. The van der Waals surface area contributed by atoms with E-state index in [0.717, 1.165) is 30.7 Å². The third-order valence-electron chi connectivity index (χ3n) is 4.75. The molecule has 2 aromatic rings. The molecule has 2 saturated heterocycles. The molecule has 0 spiro atoms. The number of aliphatic hydroxyl groups excluding tert-OH is 1. The first kappa shape index (κ1) is 12.0. The van der Waals surface area contributed by atoms with Gasteiger partial charge in [0.2, 0.25) is 0 Å². The van der Waals surface area contributed by atoms with E-state index in [2.05, 4.69) is 19.9 Å². The number of aliphatic hydroxyl groups is 1. The van der Waals surface area contributed by atoms with E-state index in [1.165, 1.54) is 6.42 Å². The summed E-state index contributed by atoms with van der Waals surface area (Å²) in [6.07, 6.45) is 6.97. The number of fused-ring (bicyclic) bond motifs is 4. The number of pyridine rings is 1. The Morgan fingerprint density at radius 1 is 1.20 bits per heavy atom. The summed E-state index contributed by atoms with van der Waals surface area (Å²) in [7, 11) is 0. The Labute approximate surface area is 117 Å². The zero-order valence-corrected chi connectivity index (χ0v) is 11.3. The van der Waals surface area contributed by atoms with Crippen molar-refractivity contribution in [2.45, 2.75) is 25.3 Å². The van der Waals surface area contributed by atoms with Crippen molar-refractivity contribution in [2.75, 3.05) is 18.1 Å². The SMILES string of the molecule is OCC1CC2CCC1N(c1ccc3nccnc3n1)C2. The highest BCUT2D eigenvalue weighted by molar-refractivity contribution is 5.71. The van der Waals surface area contributed by atoms with Crippen LogP contribution in [0.2, 0.25) is 0 Å². The molecule has 0 radical (unpaired) electrons. The number of hydrogen-bond acceptors (Lipinski definition) is 5. The number of anilines is 1. The van der Waals surface area contributed by atoms with E-state index in [4.69, 9.17) is 0 Å². The third-order valence-corrected chi connectivity index (χ3v) is 4.75. The summed E-state index contributed by atoms with van der Waals surface area (Å²) in [4.78, 5) is 15.6. The number of rotatable bonds is 2. The quantitative estimate of drug-likeness (QED) is 0.898. The molecular formula is C15H18N4O. The van der Waals surface area contributed by atoms with Crippen molar-refractivity contribution in [3.63, 3.8) is 0 Å². The van der Waals surface area contributed by atoms with Crippen LogP contribution in [-0.2, 0) is 0 Å². The molecular weight excluding hydrogens is 252 g/mol. The fourth-order valence-corrected chi connectivity index (χ4v) is 3.80. The lowest BCUT2D eigenvalue weighted by Gasteiger charge is -2.50. The van der Waals surface area contributed by atoms with Crippen molar-refractivity contribution in [3.8, 4) is 0 Å². The van der Waals surface area contributed by atoms with Gasteiger partial charge < -0.3 is 10.0 Å². The first-order valence-corrected chi connectivity index (χ1v) is 7.30. The maximum absolute atomic E-state index is 9.58. The summed E-state index contributed by atoms with van der Waals surface area (Å²) >= 11 is 0. The van der Waals surface area contributed by atoms with E-state index in [9.17, 15) is 5.11 Å². The average molecular weight is 270 g/mol. The topological polar surface area (TPSA) is 62.1 Å². The van der Waals surface area contributed by atoms with Crippen molar-refractivity contribution in [1.29, 1.82) is 0 Å². The zero-order chi connectivity index (χ0) is 13.5. The number of nitrogens with zero attached hydrogens (tertiary/aromatic N) is 4. The Bertz CT molecular complexity index is 632. The molecule has 5 rings (SSSR count). The molecule has 5 nitrogen and oxygen atoms in total. The smallest absolute Gasteiger partial charge is 0.180 e. The van der Waals surface area contributed by atoms with E-state index >= 15 is 0 Å². The fourth-order valence-electron chi connectivity index (χ4n) is 3.80. The van der Waals surface area contributed by atoms with Gasteiger partial charge in [-0.3, -0.25) is 4.98 Å². The summed E-state index contributed by atoms with van der Waals surface area (Å²) in [5.74, 6) is 2.06. The minimum Gasteiger partial charge on any atom is -0.396 e. The number of aromatic nitrogens is 3. The molecule has 1 aliphatic carbocycles. The maximum Gasteiger partial charge on any atom is 0.180 e. The Morgan fingerprint density at radius 2 is 2.10 bits per heavy atom. The summed E-state index contributed by atoms with van der Waals surface area (Å²) in [5, 5.41) is 9.58. The van der Waals surface area contributed by atoms with E-state index < -0.39 is 0 Å². The molecule has 3 fully saturated rings. The molecule has 3 atom stereocenters. The van der Waals surface area contributed by atoms with Gasteiger partial charge in [0.05, 0.1) is 0 Å². The molecule has 104 valence electrons. The molecule has 3 aliphatic rings. The number of piperidine rings is 2. The van der Waals surface area contributed by atoms with E-state index in [1.54, 1.807) is 12.4 Å². The van der Waals surface area contributed by atoms with Gasteiger partial charge in [0.15, 0.2) is 5.65 Å². The molecule has 2 aromatic heterocycles. The van der Waals surface area contributed by atoms with Crippen molar-refractivity contribution in [3.05, 3.63) is 24.5 Å². The van der Waals surface area contributed by atoms with Crippen LogP contribution in [0.1, 0.15) is 19.3 Å². The standard InChI is InChI=1S/C15H18N4O/c20-9-11-7-10-1-3-13(11)19(8-10)14-4-2-12-15(18-14)17-6-5-16-12/h2,4-6,10-11,13,20H,1,3,7-9H2. The van der Waals surface area contributed by atoms with Crippen molar-refractivity contribution in [2.24, 2.45) is 11.8 Å². The van der Waals surface area contributed by atoms with Crippen LogP contribution in [0.4, 0.5) is 5.82 Å². The monoisotopic (exact) mass is 270 g/mol. The van der Waals surface area contributed by atoms with Gasteiger partial charge in [0.1, 0.15) is 11.3 Å². The van der Waals surface area contributed by atoms with Crippen LogP contribution in [0, 0.1) is 11.8 Å². The second-order valence-corrected chi connectivity index (χ2v) is 5.91. The predicted molar refractivity (Wildman–Crippen MR) is 76.4 cm³/mol. The van der Waals surface area contributed by atoms with Gasteiger partial charge in [-0.1, -0.05) is 0 Å². The normalized spacial score (nSPS) is 29.1. The third kappa shape index (κ3) is 1.85. The van der Waals surface area contributed by atoms with Crippen LogP contribution in [-0.4, -0.2) is 39.3 Å². The Morgan fingerprint density at radius 3 is 2.95 bits per heavy atom. The highest BCUT2D eigenvalue weighted by atomic mass is 16.3. The van der Waals surface area contributed by atoms with Crippen LogP contribution in [0.25, 0.3) is 11.2 Å². The average Bonchev–Trinajstić information content (AvgIpc) is 2.54. The zero-order valence-electron chi connectivity index (χ0n) is 11.3. The largest absolute Gasteiger partial charge is 0.396 e. The van der Waals surface area contributed by atoms with E-state index in [1.807, 2.05) is 12.1 Å². The lowest BCUT2D eigenvalue weighted by Crippen LogP contribution is -2.54. The second-order valence-electron chi connectivity index (χ2n) is 5.91. The van der Waals surface area contributed by atoms with Gasteiger partial charge in [-0.15, -0.1) is 0 Å². The molecule has 1 N–H and O–H groups in total. The van der Waals surface area contributed by atoms with Crippen LogP contribution >= 0.6 is 0 Å². The predicted octanol–water partition coefficient (Wildman–Crippen LogP) is 1.62. The highest BCUT2D eigenvalue weighted by Gasteiger charge is 2.40. The fraction of sp³-hybridized carbons (Fsp3) is 0.533. The molecule has 5 heteroatoms. The van der Waals surface area contributed by atoms with E-state index in [-0.39, 0.29) is 6.61 Å². The summed E-state index contributed by atoms with van der Waals surface area (Å²) < 4.78 is 0. The molecule has 2 aliphatic heterocycles. The Balaban J connectivity index is 1.71. The first-order chi connectivity index (χ1) is 9.85. The summed E-state index contributed by atoms with van der Waals surface area (Å²) in [6.45, 7) is 1.34. The number of hydrogen-bond donors (Lipinski definition) is 1. The summed E-state index contributed by atoms with van der Waals surface area (Å²) in [6, 6.07) is 4.44. The lowest BCUT2D eigenvalue weighted by molar-refractivity contribution is 0.106. The van der Waals surface area contributed by atoms with Gasteiger partial charge in [-0.25, -0.2) is 9.97 Å².